The second-order valence-electron chi connectivity index (χ2n) is 6.52. The molecule has 0 radical (unpaired) electrons. The van der Waals surface area contributed by atoms with Gasteiger partial charge in [-0.05, 0) is 30.3 Å². The van der Waals surface area contributed by atoms with Gasteiger partial charge in [0.05, 0.1) is 5.69 Å². The normalized spacial score (nSPS) is 14.9. The molecule has 1 aliphatic heterocycles. The first-order valence-electron chi connectivity index (χ1n) is 8.58. The summed E-state index contributed by atoms with van der Waals surface area (Å²) in [5.74, 6) is -0.231. The Hall–Kier alpha value is -2.53. The summed E-state index contributed by atoms with van der Waals surface area (Å²) in [7, 11) is 1.88. The minimum Gasteiger partial charge on any atom is -0.366 e. The van der Waals surface area contributed by atoms with Crippen LogP contribution in [0.5, 0.6) is 0 Å². The number of amides is 1. The molecular formula is C20H19ClFN3O. The van der Waals surface area contributed by atoms with Crippen molar-refractivity contribution in [3.63, 3.8) is 0 Å². The Labute approximate surface area is 156 Å². The van der Waals surface area contributed by atoms with Crippen LogP contribution in [0.25, 0.3) is 10.9 Å². The van der Waals surface area contributed by atoms with Gasteiger partial charge in [0, 0.05) is 49.2 Å². The van der Waals surface area contributed by atoms with Gasteiger partial charge in [-0.25, -0.2) is 4.39 Å². The molecular weight excluding hydrogens is 353 g/mol. The number of anilines is 1. The molecule has 0 unspecified atom stereocenters. The van der Waals surface area contributed by atoms with Crippen LogP contribution in [0.3, 0.4) is 0 Å². The van der Waals surface area contributed by atoms with Crippen LogP contribution in [0.2, 0.25) is 5.02 Å². The van der Waals surface area contributed by atoms with E-state index in [1.165, 1.54) is 6.07 Å². The zero-order valence-corrected chi connectivity index (χ0v) is 15.2. The molecule has 4 rings (SSSR count). The Morgan fingerprint density at radius 2 is 1.77 bits per heavy atom. The minimum atomic E-state index is -0.224. The molecule has 1 saturated heterocycles. The fourth-order valence-electron chi connectivity index (χ4n) is 3.53. The van der Waals surface area contributed by atoms with Crippen molar-refractivity contribution in [1.29, 1.82) is 0 Å². The first-order chi connectivity index (χ1) is 12.5. The van der Waals surface area contributed by atoms with Gasteiger partial charge < -0.3 is 14.4 Å². The van der Waals surface area contributed by atoms with Gasteiger partial charge >= 0.3 is 0 Å². The van der Waals surface area contributed by atoms with E-state index in [4.69, 9.17) is 11.6 Å². The molecule has 2 heterocycles. The molecule has 0 N–H and O–H groups in total. The molecule has 26 heavy (non-hydrogen) atoms. The molecule has 0 spiro atoms. The van der Waals surface area contributed by atoms with Crippen molar-refractivity contribution in [3.8, 4) is 0 Å². The molecule has 4 nitrogen and oxygen atoms in total. The maximum Gasteiger partial charge on any atom is 0.270 e. The SMILES string of the molecule is Cn1c(C(=O)N2CCN(c3ccccc3F)CC2)cc2ccc(Cl)cc21. The number of carbonyl (C=O) groups is 1. The van der Waals surface area contributed by atoms with Crippen LogP contribution in [0.4, 0.5) is 10.1 Å². The monoisotopic (exact) mass is 371 g/mol. The van der Waals surface area contributed by atoms with Gasteiger partial charge in [0.15, 0.2) is 0 Å². The first-order valence-corrected chi connectivity index (χ1v) is 8.96. The average molecular weight is 372 g/mol. The topological polar surface area (TPSA) is 28.5 Å². The molecule has 1 amide bonds. The van der Waals surface area contributed by atoms with E-state index < -0.39 is 0 Å². The van der Waals surface area contributed by atoms with Crippen LogP contribution >= 0.6 is 11.6 Å². The van der Waals surface area contributed by atoms with Gasteiger partial charge in [0.1, 0.15) is 11.5 Å². The second-order valence-corrected chi connectivity index (χ2v) is 6.96. The van der Waals surface area contributed by atoms with Crippen LogP contribution in [-0.4, -0.2) is 41.6 Å². The lowest BCUT2D eigenvalue weighted by atomic mass is 10.2. The minimum absolute atomic E-state index is 0.00648. The second kappa shape index (κ2) is 6.65. The largest absolute Gasteiger partial charge is 0.366 e. The van der Waals surface area contributed by atoms with E-state index in [1.807, 2.05) is 51.7 Å². The number of nitrogens with zero attached hydrogens (tertiary/aromatic N) is 3. The van der Waals surface area contributed by atoms with Crippen LogP contribution < -0.4 is 4.90 Å². The Bertz CT molecular complexity index is 976. The Kier molecular flexibility index (Phi) is 4.32. The molecule has 1 aromatic heterocycles. The number of aryl methyl sites for hydroxylation is 1. The van der Waals surface area contributed by atoms with Crippen molar-refractivity contribution in [2.24, 2.45) is 7.05 Å². The average Bonchev–Trinajstić information content (AvgIpc) is 2.98. The van der Waals surface area contributed by atoms with E-state index in [9.17, 15) is 9.18 Å². The van der Waals surface area contributed by atoms with Crippen molar-refractivity contribution >= 4 is 34.1 Å². The lowest BCUT2D eigenvalue weighted by molar-refractivity contribution is 0.0737. The van der Waals surface area contributed by atoms with E-state index in [2.05, 4.69) is 0 Å². The smallest absolute Gasteiger partial charge is 0.270 e. The van der Waals surface area contributed by atoms with Gasteiger partial charge in [0.2, 0.25) is 0 Å². The molecule has 0 aliphatic carbocycles. The Balaban J connectivity index is 1.52. The third-order valence-corrected chi connectivity index (χ3v) is 5.22. The number of hydrogen-bond donors (Lipinski definition) is 0. The third-order valence-electron chi connectivity index (χ3n) is 4.99. The van der Waals surface area contributed by atoms with Crippen LogP contribution in [0.1, 0.15) is 10.5 Å². The summed E-state index contributed by atoms with van der Waals surface area (Å²) in [6.45, 7) is 2.36. The maximum absolute atomic E-state index is 14.0. The number of fused-ring (bicyclic) bond motifs is 1. The highest BCUT2D eigenvalue weighted by Crippen LogP contribution is 2.25. The molecule has 134 valence electrons. The first kappa shape index (κ1) is 16.9. The molecule has 1 aliphatic rings. The number of benzene rings is 2. The third kappa shape index (κ3) is 2.92. The van der Waals surface area contributed by atoms with E-state index in [0.29, 0.717) is 42.6 Å². The van der Waals surface area contributed by atoms with E-state index >= 15 is 0 Å². The summed E-state index contributed by atoms with van der Waals surface area (Å²) in [6.07, 6.45) is 0. The fraction of sp³-hybridized carbons (Fsp3) is 0.250. The number of hydrogen-bond acceptors (Lipinski definition) is 2. The summed E-state index contributed by atoms with van der Waals surface area (Å²) in [5.41, 5.74) is 2.17. The summed E-state index contributed by atoms with van der Waals surface area (Å²) >= 11 is 6.07. The summed E-state index contributed by atoms with van der Waals surface area (Å²) in [6, 6.07) is 14.3. The molecule has 3 aromatic rings. The van der Waals surface area contributed by atoms with Crippen molar-refractivity contribution < 1.29 is 9.18 Å². The fourth-order valence-corrected chi connectivity index (χ4v) is 3.70. The predicted molar refractivity (Wildman–Crippen MR) is 102 cm³/mol. The summed E-state index contributed by atoms with van der Waals surface area (Å²) in [4.78, 5) is 16.8. The molecule has 2 aromatic carbocycles. The number of para-hydroxylation sites is 1. The van der Waals surface area contributed by atoms with Crippen molar-refractivity contribution in [2.75, 3.05) is 31.1 Å². The zero-order chi connectivity index (χ0) is 18.3. The Morgan fingerprint density at radius 3 is 2.50 bits per heavy atom. The van der Waals surface area contributed by atoms with Crippen molar-refractivity contribution in [2.45, 2.75) is 0 Å². The van der Waals surface area contributed by atoms with Crippen molar-refractivity contribution in [3.05, 3.63) is 65.1 Å². The highest BCUT2D eigenvalue weighted by Gasteiger charge is 2.25. The number of aromatic nitrogens is 1. The maximum atomic E-state index is 14.0. The zero-order valence-electron chi connectivity index (χ0n) is 14.5. The highest BCUT2D eigenvalue weighted by atomic mass is 35.5. The number of carbonyl (C=O) groups excluding carboxylic acids is 1. The van der Waals surface area contributed by atoms with E-state index in [-0.39, 0.29) is 11.7 Å². The number of rotatable bonds is 2. The highest BCUT2D eigenvalue weighted by molar-refractivity contribution is 6.31. The Morgan fingerprint density at radius 1 is 1.04 bits per heavy atom. The lowest BCUT2D eigenvalue weighted by Gasteiger charge is -2.36. The van der Waals surface area contributed by atoms with Gasteiger partial charge in [-0.2, -0.15) is 0 Å². The molecule has 0 saturated carbocycles. The van der Waals surface area contributed by atoms with Crippen LogP contribution in [0, 0.1) is 5.82 Å². The lowest BCUT2D eigenvalue weighted by Crippen LogP contribution is -2.49. The van der Waals surface area contributed by atoms with Gasteiger partial charge in [-0.3, -0.25) is 4.79 Å². The molecule has 0 atom stereocenters. The van der Waals surface area contributed by atoms with Gasteiger partial charge in [-0.15, -0.1) is 0 Å². The number of piperazine rings is 1. The standard InChI is InChI=1S/C20H19ClFN3O/c1-23-18-13-15(21)7-6-14(18)12-19(23)20(26)25-10-8-24(9-11-25)17-5-3-2-4-16(17)22/h2-7,12-13H,8-11H2,1H3. The molecule has 0 bridgehead atoms. The van der Waals surface area contributed by atoms with Crippen LogP contribution in [-0.2, 0) is 7.05 Å². The number of halogens is 2. The summed E-state index contributed by atoms with van der Waals surface area (Å²) < 4.78 is 15.8. The molecule has 6 heteroatoms. The predicted octanol–water partition coefficient (Wildman–Crippen LogP) is 3.93. The van der Waals surface area contributed by atoms with Gasteiger partial charge in [-0.1, -0.05) is 29.8 Å². The van der Waals surface area contributed by atoms with Crippen molar-refractivity contribution in [1.82, 2.24) is 9.47 Å². The van der Waals surface area contributed by atoms with E-state index in [1.54, 1.807) is 12.1 Å². The quantitative estimate of drug-likeness (QED) is 0.682. The summed E-state index contributed by atoms with van der Waals surface area (Å²) in [5, 5.41) is 1.64. The van der Waals surface area contributed by atoms with Crippen LogP contribution in [0.15, 0.2) is 48.5 Å². The molecule has 1 fully saturated rings. The van der Waals surface area contributed by atoms with E-state index in [0.717, 1.165) is 10.9 Å². The van der Waals surface area contributed by atoms with Gasteiger partial charge in [0.25, 0.3) is 5.91 Å².